The Balaban J connectivity index is 1.43. The zero-order valence-electron chi connectivity index (χ0n) is 21.4. The van der Waals surface area contributed by atoms with E-state index in [-0.39, 0.29) is 12.0 Å². The van der Waals surface area contributed by atoms with Crippen LogP contribution in [0.15, 0.2) is 30.3 Å². The Morgan fingerprint density at radius 2 is 1.92 bits per heavy atom. The summed E-state index contributed by atoms with van der Waals surface area (Å²) < 4.78 is 29.9. The number of carboxylic acid groups (broad SMARTS) is 1. The van der Waals surface area contributed by atoms with Crippen LogP contribution in [0.1, 0.15) is 74.9 Å². The second-order valence-electron chi connectivity index (χ2n) is 11.5. The largest absolute Gasteiger partial charge is 0.465 e. The molecule has 2 fully saturated rings. The van der Waals surface area contributed by atoms with Crippen LogP contribution in [-0.4, -0.2) is 39.9 Å². The number of fused-ring (bicyclic) bond motifs is 3. The minimum atomic E-state index is -0.939. The average molecular weight is 509 g/mol. The first-order valence-corrected chi connectivity index (χ1v) is 13.5. The molecule has 1 saturated carbocycles. The van der Waals surface area contributed by atoms with Crippen LogP contribution in [0.2, 0.25) is 0 Å². The van der Waals surface area contributed by atoms with Crippen LogP contribution < -0.4 is 10.2 Å². The Kier molecular flexibility index (Phi) is 5.97. The third kappa shape index (κ3) is 4.10. The molecule has 2 aromatic carbocycles. The Bertz CT molecular complexity index is 1360. The van der Waals surface area contributed by atoms with E-state index in [2.05, 4.69) is 16.8 Å². The van der Waals surface area contributed by atoms with Gasteiger partial charge in [-0.1, -0.05) is 13.0 Å². The molecule has 1 aromatic heterocycles. The molecule has 1 unspecified atom stereocenters. The van der Waals surface area contributed by atoms with E-state index in [1.807, 2.05) is 19.1 Å². The molecule has 2 atom stereocenters. The number of nitrogens with one attached hydrogen (secondary N) is 1. The minimum Gasteiger partial charge on any atom is -0.465 e. The summed E-state index contributed by atoms with van der Waals surface area (Å²) >= 11 is 0. The van der Waals surface area contributed by atoms with Gasteiger partial charge in [0.25, 0.3) is 0 Å². The van der Waals surface area contributed by atoms with Gasteiger partial charge in [0.05, 0.1) is 16.7 Å². The quantitative estimate of drug-likeness (QED) is 0.441. The Morgan fingerprint density at radius 1 is 1.16 bits per heavy atom. The number of hydrogen-bond acceptors (Lipinski definition) is 3. The minimum absolute atomic E-state index is 0.0211. The summed E-state index contributed by atoms with van der Waals surface area (Å²) in [4.78, 5) is 18.7. The Morgan fingerprint density at radius 3 is 2.57 bits per heavy atom. The van der Waals surface area contributed by atoms with E-state index in [0.29, 0.717) is 17.9 Å². The van der Waals surface area contributed by atoms with Crippen molar-refractivity contribution in [3.05, 3.63) is 58.9 Å². The molecule has 0 radical (unpaired) electrons. The van der Waals surface area contributed by atoms with E-state index in [0.717, 1.165) is 72.4 Å². The number of aryl methyl sites for hydroxylation is 1. The molecule has 1 spiro atoms. The van der Waals surface area contributed by atoms with Crippen molar-refractivity contribution in [2.24, 2.45) is 5.41 Å². The average Bonchev–Trinajstić information content (AvgIpc) is 3.25. The van der Waals surface area contributed by atoms with Crippen molar-refractivity contribution < 1.29 is 18.7 Å². The van der Waals surface area contributed by atoms with E-state index >= 15 is 0 Å². The van der Waals surface area contributed by atoms with Gasteiger partial charge in [-0.15, -0.1) is 0 Å². The molecule has 6 nitrogen and oxygen atoms in total. The van der Waals surface area contributed by atoms with Crippen molar-refractivity contribution in [3.8, 4) is 0 Å². The maximum atomic E-state index is 13.9. The highest BCUT2D eigenvalue weighted by molar-refractivity contribution is 5.94. The first-order chi connectivity index (χ1) is 17.8. The summed E-state index contributed by atoms with van der Waals surface area (Å²) in [7, 11) is 0. The van der Waals surface area contributed by atoms with E-state index in [1.165, 1.54) is 29.9 Å². The number of benzene rings is 2. The fourth-order valence-electron chi connectivity index (χ4n) is 6.86. The van der Waals surface area contributed by atoms with Crippen LogP contribution in [0.5, 0.6) is 0 Å². The summed E-state index contributed by atoms with van der Waals surface area (Å²) in [5.74, 6) is -0.746. The van der Waals surface area contributed by atoms with Gasteiger partial charge in [0.2, 0.25) is 0 Å². The SMILES string of the molecule is CC(Cc1ccc(F)c(F)c1)c1nc2c3c(ccc2n1C1CCC2(CC1)CNC2)N(C(=O)O)[C@@H](C)CC3. The molecule has 3 aromatic rings. The predicted octanol–water partition coefficient (Wildman–Crippen LogP) is 6.18. The molecule has 1 amide bonds. The maximum absolute atomic E-state index is 13.9. The number of nitrogens with zero attached hydrogens (tertiary/aromatic N) is 3. The first-order valence-electron chi connectivity index (χ1n) is 13.5. The lowest BCUT2D eigenvalue weighted by atomic mass is 9.68. The van der Waals surface area contributed by atoms with Crippen LogP contribution in [0, 0.1) is 17.0 Å². The normalized spacial score (nSPS) is 22.2. The highest BCUT2D eigenvalue weighted by atomic mass is 19.2. The highest BCUT2D eigenvalue weighted by Crippen LogP contribution is 2.46. The lowest BCUT2D eigenvalue weighted by Crippen LogP contribution is -2.54. The molecule has 0 bridgehead atoms. The van der Waals surface area contributed by atoms with Gasteiger partial charge in [-0.2, -0.15) is 0 Å². The second-order valence-corrected chi connectivity index (χ2v) is 11.5. The lowest BCUT2D eigenvalue weighted by Gasteiger charge is -2.48. The van der Waals surface area contributed by atoms with Gasteiger partial charge >= 0.3 is 6.09 Å². The van der Waals surface area contributed by atoms with E-state index in [4.69, 9.17) is 4.98 Å². The Hall–Kier alpha value is -3.00. The number of rotatable bonds is 4. The molecule has 1 saturated heterocycles. The Labute approximate surface area is 215 Å². The number of anilines is 1. The number of amides is 1. The van der Waals surface area contributed by atoms with E-state index in [1.54, 1.807) is 6.07 Å². The van der Waals surface area contributed by atoms with Crippen LogP contribution >= 0.6 is 0 Å². The summed E-state index contributed by atoms with van der Waals surface area (Å²) in [6, 6.07) is 8.33. The van der Waals surface area contributed by atoms with Gasteiger partial charge in [0.1, 0.15) is 5.82 Å². The number of halogens is 2. The zero-order valence-corrected chi connectivity index (χ0v) is 21.4. The van der Waals surface area contributed by atoms with E-state index < -0.39 is 17.7 Å². The van der Waals surface area contributed by atoms with Crippen molar-refractivity contribution in [1.29, 1.82) is 0 Å². The lowest BCUT2D eigenvalue weighted by molar-refractivity contribution is 0.0842. The number of hydrogen-bond donors (Lipinski definition) is 2. The molecule has 3 heterocycles. The summed E-state index contributed by atoms with van der Waals surface area (Å²) in [5, 5.41) is 13.3. The van der Waals surface area contributed by atoms with Crippen molar-refractivity contribution in [1.82, 2.24) is 14.9 Å². The zero-order chi connectivity index (χ0) is 25.9. The third-order valence-corrected chi connectivity index (χ3v) is 9.04. The summed E-state index contributed by atoms with van der Waals surface area (Å²) in [5.41, 5.74) is 4.83. The second kappa shape index (κ2) is 9.08. The molecule has 1 aliphatic carbocycles. The van der Waals surface area contributed by atoms with Crippen LogP contribution in [0.25, 0.3) is 11.0 Å². The number of aromatic nitrogens is 2. The molecule has 2 aliphatic heterocycles. The third-order valence-electron chi connectivity index (χ3n) is 9.04. The van der Waals surface area contributed by atoms with Crippen LogP contribution in [0.4, 0.5) is 19.3 Å². The van der Waals surface area contributed by atoms with Gasteiger partial charge in [-0.05, 0) is 87.1 Å². The van der Waals surface area contributed by atoms with Crippen molar-refractivity contribution in [2.45, 2.75) is 76.8 Å². The number of carbonyl (C=O) groups is 1. The smallest absolute Gasteiger partial charge is 0.412 e. The van der Waals surface area contributed by atoms with Gasteiger partial charge in [-0.3, -0.25) is 4.90 Å². The standard InChI is InChI=1S/C29H34F2N4O2/c1-17(13-19-4-6-22(30)23(31)14-19)27-33-26-21-5-3-18(2)34(28(36)37)24(21)7-8-25(26)35(27)20-9-11-29(12-10-20)15-32-16-29/h4,6-8,14,17-18,20,32H,3,5,9-13,15-16H2,1-2H3,(H,36,37)/t17?,18-/m0/s1. The predicted molar refractivity (Wildman–Crippen MR) is 139 cm³/mol. The monoisotopic (exact) mass is 508 g/mol. The molecule has 196 valence electrons. The molecular weight excluding hydrogens is 474 g/mol. The molecule has 3 aliphatic rings. The fourth-order valence-corrected chi connectivity index (χ4v) is 6.86. The van der Waals surface area contributed by atoms with Gasteiger partial charge in [0.15, 0.2) is 11.6 Å². The topological polar surface area (TPSA) is 70.4 Å². The fraction of sp³-hybridized carbons (Fsp3) is 0.517. The van der Waals surface area contributed by atoms with Gasteiger partial charge in [0, 0.05) is 36.7 Å². The number of imidazole rings is 1. The molecule has 6 rings (SSSR count). The molecule has 8 heteroatoms. The van der Waals surface area contributed by atoms with Crippen molar-refractivity contribution in [3.63, 3.8) is 0 Å². The van der Waals surface area contributed by atoms with Crippen LogP contribution in [-0.2, 0) is 12.8 Å². The van der Waals surface area contributed by atoms with Crippen molar-refractivity contribution in [2.75, 3.05) is 18.0 Å². The van der Waals surface area contributed by atoms with Crippen LogP contribution in [0.3, 0.4) is 0 Å². The summed E-state index contributed by atoms with van der Waals surface area (Å²) in [6.07, 6.45) is 5.65. The molecular formula is C29H34F2N4O2. The molecule has 2 N–H and O–H groups in total. The van der Waals surface area contributed by atoms with Crippen molar-refractivity contribution >= 4 is 22.8 Å². The summed E-state index contributed by atoms with van der Waals surface area (Å²) in [6.45, 7) is 6.24. The van der Waals surface area contributed by atoms with Gasteiger partial charge < -0.3 is 15.0 Å². The molecule has 37 heavy (non-hydrogen) atoms. The van der Waals surface area contributed by atoms with E-state index in [9.17, 15) is 18.7 Å². The highest BCUT2D eigenvalue weighted by Gasteiger charge is 2.41. The maximum Gasteiger partial charge on any atom is 0.412 e. The first kappa shape index (κ1) is 24.3. The van der Waals surface area contributed by atoms with Gasteiger partial charge in [-0.25, -0.2) is 18.6 Å².